The van der Waals surface area contributed by atoms with Crippen molar-refractivity contribution in [1.82, 2.24) is 10.2 Å². The molecule has 33 heavy (non-hydrogen) atoms. The summed E-state index contributed by atoms with van der Waals surface area (Å²) in [5.74, 6) is -1.31. The van der Waals surface area contributed by atoms with Gasteiger partial charge in [0.2, 0.25) is 5.91 Å². The number of nitrogens with zero attached hydrogens (tertiary/aromatic N) is 2. The summed E-state index contributed by atoms with van der Waals surface area (Å²) in [6, 6.07) is 12.9. The second-order valence-corrected chi connectivity index (χ2v) is 8.34. The normalized spacial score (nSPS) is 18.8. The lowest BCUT2D eigenvalue weighted by Gasteiger charge is -2.33. The smallest absolute Gasteiger partial charge is 0.293 e. The first kappa shape index (κ1) is 22.5. The van der Waals surface area contributed by atoms with Crippen molar-refractivity contribution in [2.75, 3.05) is 24.5 Å². The molecule has 2 aliphatic rings. The average Bonchev–Trinajstić information content (AvgIpc) is 3.07. The SMILES string of the molecule is CC(=O)N1CC(C(=O)NCCN2C(=O)S/C(=C\c3ccccc3F)C2=O)Oc2ccccc21. The van der Waals surface area contributed by atoms with Crippen molar-refractivity contribution in [2.45, 2.75) is 13.0 Å². The van der Waals surface area contributed by atoms with Gasteiger partial charge < -0.3 is 15.0 Å². The molecule has 0 aromatic heterocycles. The van der Waals surface area contributed by atoms with E-state index >= 15 is 0 Å². The third kappa shape index (κ3) is 4.75. The minimum absolute atomic E-state index is 0.00539. The van der Waals surface area contributed by atoms with Gasteiger partial charge in [-0.15, -0.1) is 0 Å². The summed E-state index contributed by atoms with van der Waals surface area (Å²) in [5, 5.41) is 2.15. The Hall–Kier alpha value is -3.66. The van der Waals surface area contributed by atoms with Crippen LogP contribution in [-0.4, -0.2) is 53.6 Å². The van der Waals surface area contributed by atoms with Gasteiger partial charge in [-0.05, 0) is 36.0 Å². The van der Waals surface area contributed by atoms with Gasteiger partial charge in [0, 0.05) is 25.6 Å². The van der Waals surface area contributed by atoms with Crippen molar-refractivity contribution < 1.29 is 28.3 Å². The van der Waals surface area contributed by atoms with Crippen molar-refractivity contribution in [3.63, 3.8) is 0 Å². The van der Waals surface area contributed by atoms with Crippen LogP contribution >= 0.6 is 11.8 Å². The topological polar surface area (TPSA) is 96.0 Å². The number of fused-ring (bicyclic) bond motifs is 1. The fraction of sp³-hybridized carbons (Fsp3) is 0.217. The molecule has 2 aliphatic heterocycles. The number of para-hydroxylation sites is 2. The van der Waals surface area contributed by atoms with Crippen LogP contribution < -0.4 is 15.0 Å². The lowest BCUT2D eigenvalue weighted by Crippen LogP contribution is -2.51. The zero-order valence-corrected chi connectivity index (χ0v) is 18.4. The molecule has 2 aromatic carbocycles. The first-order valence-electron chi connectivity index (χ1n) is 10.2. The maximum Gasteiger partial charge on any atom is 0.293 e. The summed E-state index contributed by atoms with van der Waals surface area (Å²) in [6.45, 7) is 1.41. The summed E-state index contributed by atoms with van der Waals surface area (Å²) in [6.07, 6.45) is 0.405. The Kier molecular flexibility index (Phi) is 6.45. The van der Waals surface area contributed by atoms with Crippen LogP contribution in [-0.2, 0) is 14.4 Å². The second kappa shape index (κ2) is 9.45. The summed E-state index contributed by atoms with van der Waals surface area (Å²) in [4.78, 5) is 52.0. The minimum Gasteiger partial charge on any atom is -0.477 e. The standard InChI is InChI=1S/C23H20FN3O5S/c1-14(28)27-13-19(32-18-9-5-4-8-17(18)27)21(29)25-10-11-26-22(30)20(33-23(26)31)12-15-6-2-3-7-16(15)24/h2-9,12,19H,10-11,13H2,1H3,(H,25,29)/b20-12-. The van der Waals surface area contributed by atoms with Gasteiger partial charge in [-0.3, -0.25) is 24.1 Å². The van der Waals surface area contributed by atoms with E-state index < -0.39 is 29.0 Å². The molecule has 0 bridgehead atoms. The van der Waals surface area contributed by atoms with E-state index in [4.69, 9.17) is 4.74 Å². The molecule has 1 N–H and O–H groups in total. The third-order valence-electron chi connectivity index (χ3n) is 5.15. The summed E-state index contributed by atoms with van der Waals surface area (Å²) in [7, 11) is 0. The Morgan fingerprint density at radius 3 is 2.67 bits per heavy atom. The highest BCUT2D eigenvalue weighted by Crippen LogP contribution is 2.34. The van der Waals surface area contributed by atoms with Crippen molar-refractivity contribution in [1.29, 1.82) is 0 Å². The number of hydrogen-bond acceptors (Lipinski definition) is 6. The minimum atomic E-state index is -0.931. The van der Waals surface area contributed by atoms with E-state index in [1.807, 2.05) is 0 Å². The lowest BCUT2D eigenvalue weighted by atomic mass is 10.1. The number of halogens is 1. The number of carbonyl (C=O) groups excluding carboxylic acids is 4. The quantitative estimate of drug-likeness (QED) is 0.677. The van der Waals surface area contributed by atoms with Crippen LogP contribution in [0.15, 0.2) is 53.4 Å². The largest absolute Gasteiger partial charge is 0.477 e. The maximum atomic E-state index is 13.9. The molecule has 1 atom stereocenters. The van der Waals surface area contributed by atoms with Crippen LogP contribution in [0, 0.1) is 5.82 Å². The predicted octanol–water partition coefficient (Wildman–Crippen LogP) is 2.79. The van der Waals surface area contributed by atoms with Crippen LogP contribution in [0.4, 0.5) is 14.9 Å². The number of imide groups is 1. The van der Waals surface area contributed by atoms with Crippen molar-refractivity contribution >= 4 is 46.5 Å². The van der Waals surface area contributed by atoms with Crippen LogP contribution in [0.25, 0.3) is 6.08 Å². The number of anilines is 1. The van der Waals surface area contributed by atoms with Gasteiger partial charge >= 0.3 is 0 Å². The van der Waals surface area contributed by atoms with Crippen LogP contribution in [0.5, 0.6) is 5.75 Å². The number of hydrogen-bond donors (Lipinski definition) is 1. The monoisotopic (exact) mass is 469 g/mol. The number of amides is 4. The molecule has 8 nitrogen and oxygen atoms in total. The molecule has 4 amide bonds. The van der Waals surface area contributed by atoms with Crippen LogP contribution in [0.1, 0.15) is 12.5 Å². The molecule has 1 fully saturated rings. The number of benzene rings is 2. The van der Waals surface area contributed by atoms with Gasteiger partial charge in [0.15, 0.2) is 6.10 Å². The second-order valence-electron chi connectivity index (χ2n) is 7.35. The first-order chi connectivity index (χ1) is 15.8. The highest BCUT2D eigenvalue weighted by molar-refractivity contribution is 8.18. The Bertz CT molecular complexity index is 1170. The zero-order valence-electron chi connectivity index (χ0n) is 17.6. The molecule has 0 saturated carbocycles. The molecule has 10 heteroatoms. The number of carbonyl (C=O) groups is 4. The first-order valence-corrected chi connectivity index (χ1v) is 11.0. The Morgan fingerprint density at radius 1 is 1.18 bits per heavy atom. The van der Waals surface area contributed by atoms with E-state index in [-0.39, 0.29) is 36.0 Å². The van der Waals surface area contributed by atoms with Gasteiger partial charge in [-0.1, -0.05) is 30.3 Å². The molecule has 1 unspecified atom stereocenters. The van der Waals surface area contributed by atoms with Crippen LogP contribution in [0.2, 0.25) is 0 Å². The molecule has 0 spiro atoms. The molecule has 2 aromatic rings. The Balaban J connectivity index is 1.36. The third-order valence-corrected chi connectivity index (χ3v) is 6.05. The van der Waals surface area contributed by atoms with E-state index in [9.17, 15) is 23.6 Å². The molecule has 0 radical (unpaired) electrons. The maximum absolute atomic E-state index is 13.9. The predicted molar refractivity (Wildman–Crippen MR) is 121 cm³/mol. The fourth-order valence-electron chi connectivity index (χ4n) is 3.50. The van der Waals surface area contributed by atoms with Gasteiger partial charge in [-0.2, -0.15) is 0 Å². The number of thioether (sulfide) groups is 1. The van der Waals surface area contributed by atoms with E-state index in [0.29, 0.717) is 11.4 Å². The number of nitrogens with one attached hydrogen (secondary N) is 1. The molecule has 1 saturated heterocycles. The van der Waals surface area contributed by atoms with Gasteiger partial charge in [0.1, 0.15) is 11.6 Å². The highest BCUT2D eigenvalue weighted by Gasteiger charge is 2.36. The molecule has 2 heterocycles. The molecular weight excluding hydrogens is 449 g/mol. The van der Waals surface area contributed by atoms with Gasteiger partial charge in [-0.25, -0.2) is 4.39 Å². The molecule has 0 aliphatic carbocycles. The van der Waals surface area contributed by atoms with Gasteiger partial charge in [0.25, 0.3) is 17.1 Å². The fourth-order valence-corrected chi connectivity index (χ4v) is 4.36. The molecular formula is C23H20FN3O5S. The van der Waals surface area contributed by atoms with Gasteiger partial charge in [0.05, 0.1) is 17.1 Å². The summed E-state index contributed by atoms with van der Waals surface area (Å²) >= 11 is 0.718. The van der Waals surface area contributed by atoms with Crippen molar-refractivity contribution in [3.05, 3.63) is 64.8 Å². The van der Waals surface area contributed by atoms with E-state index in [1.54, 1.807) is 30.3 Å². The van der Waals surface area contributed by atoms with E-state index in [0.717, 1.165) is 16.7 Å². The number of rotatable bonds is 5. The Morgan fingerprint density at radius 2 is 1.91 bits per heavy atom. The summed E-state index contributed by atoms with van der Waals surface area (Å²) in [5.41, 5.74) is 0.801. The molecule has 4 rings (SSSR count). The highest BCUT2D eigenvalue weighted by atomic mass is 32.2. The summed E-state index contributed by atoms with van der Waals surface area (Å²) < 4.78 is 19.6. The average molecular weight is 469 g/mol. The van der Waals surface area contributed by atoms with E-state index in [1.165, 1.54) is 36.1 Å². The van der Waals surface area contributed by atoms with Crippen LogP contribution in [0.3, 0.4) is 0 Å². The zero-order chi connectivity index (χ0) is 23.5. The lowest BCUT2D eigenvalue weighted by molar-refractivity contribution is -0.129. The number of ether oxygens (including phenoxy) is 1. The van der Waals surface area contributed by atoms with Crippen molar-refractivity contribution in [3.8, 4) is 5.75 Å². The van der Waals surface area contributed by atoms with E-state index in [2.05, 4.69) is 5.32 Å². The van der Waals surface area contributed by atoms with Crippen molar-refractivity contribution in [2.24, 2.45) is 0 Å². The Labute approximate surface area is 193 Å². The molecule has 170 valence electrons.